The Hall–Kier alpha value is -3.45. The molecule has 7 nitrogen and oxygen atoms in total. The number of aromatic nitrogens is 1. The number of benzene rings is 2. The lowest BCUT2D eigenvalue weighted by Gasteiger charge is -2.36. The summed E-state index contributed by atoms with van der Waals surface area (Å²) in [6, 6.07) is 19.7. The lowest BCUT2D eigenvalue weighted by atomic mass is 10.1. The summed E-state index contributed by atoms with van der Waals surface area (Å²) in [6.07, 6.45) is 0. The van der Waals surface area contributed by atoms with Crippen molar-refractivity contribution in [2.75, 3.05) is 49.5 Å². The Morgan fingerprint density at radius 1 is 0.935 bits per heavy atom. The van der Waals surface area contributed by atoms with Crippen LogP contribution in [0.2, 0.25) is 0 Å². The molecule has 0 saturated carbocycles. The first-order chi connectivity index (χ1) is 15.1. The quantitative estimate of drug-likeness (QED) is 0.624. The Kier molecular flexibility index (Phi) is 6.43. The van der Waals surface area contributed by atoms with Gasteiger partial charge in [0, 0.05) is 56.0 Å². The van der Waals surface area contributed by atoms with E-state index in [1.54, 1.807) is 6.07 Å². The van der Waals surface area contributed by atoms with E-state index in [9.17, 15) is 9.59 Å². The number of hydrogen-bond donors (Lipinski definition) is 2. The van der Waals surface area contributed by atoms with Gasteiger partial charge in [-0.25, -0.2) is 0 Å². The molecule has 2 N–H and O–H groups in total. The van der Waals surface area contributed by atoms with Crippen molar-refractivity contribution < 1.29 is 9.59 Å². The molecule has 1 saturated heterocycles. The fraction of sp³-hybridized carbons (Fsp3) is 0.292. The maximum atomic E-state index is 12.4. The maximum Gasteiger partial charge on any atom is 0.313 e. The zero-order valence-corrected chi connectivity index (χ0v) is 17.7. The van der Waals surface area contributed by atoms with E-state index in [4.69, 9.17) is 0 Å². The second-order valence-electron chi connectivity index (χ2n) is 7.70. The number of hydrogen-bond acceptors (Lipinski definition) is 5. The number of piperazine rings is 1. The second kappa shape index (κ2) is 9.57. The summed E-state index contributed by atoms with van der Waals surface area (Å²) in [5.41, 5.74) is 3.41. The number of amides is 2. The topological polar surface area (TPSA) is 77.6 Å². The van der Waals surface area contributed by atoms with Crippen LogP contribution in [0.25, 0.3) is 10.9 Å². The number of rotatable bonds is 5. The molecule has 3 aromatic rings. The molecule has 0 bridgehead atoms. The molecular formula is C24H27N5O2. The first-order valence-corrected chi connectivity index (χ1v) is 10.6. The monoisotopic (exact) mass is 417 g/mol. The van der Waals surface area contributed by atoms with Crippen molar-refractivity contribution in [2.24, 2.45) is 0 Å². The molecule has 0 unspecified atom stereocenters. The zero-order valence-electron chi connectivity index (χ0n) is 17.7. The van der Waals surface area contributed by atoms with E-state index in [1.807, 2.05) is 37.3 Å². The van der Waals surface area contributed by atoms with Gasteiger partial charge in [0.1, 0.15) is 0 Å². The van der Waals surface area contributed by atoms with Crippen LogP contribution in [0.3, 0.4) is 0 Å². The number of nitrogens with zero attached hydrogens (tertiary/aromatic N) is 3. The first kappa shape index (κ1) is 20.8. The predicted molar refractivity (Wildman–Crippen MR) is 123 cm³/mol. The van der Waals surface area contributed by atoms with Gasteiger partial charge in [-0.1, -0.05) is 36.4 Å². The fourth-order valence-corrected chi connectivity index (χ4v) is 3.87. The average molecular weight is 418 g/mol. The summed E-state index contributed by atoms with van der Waals surface area (Å²) in [6.45, 7) is 6.78. The van der Waals surface area contributed by atoms with Gasteiger partial charge in [0.05, 0.1) is 11.2 Å². The smallest absolute Gasteiger partial charge is 0.313 e. The zero-order chi connectivity index (χ0) is 21.6. The number of para-hydroxylation sites is 2. The van der Waals surface area contributed by atoms with E-state index in [0.29, 0.717) is 12.2 Å². The Morgan fingerprint density at radius 3 is 2.42 bits per heavy atom. The molecule has 0 spiro atoms. The molecule has 7 heteroatoms. The van der Waals surface area contributed by atoms with Crippen molar-refractivity contribution in [3.8, 4) is 0 Å². The fourth-order valence-electron chi connectivity index (χ4n) is 3.87. The van der Waals surface area contributed by atoms with Crippen molar-refractivity contribution in [1.82, 2.24) is 15.2 Å². The third-order valence-corrected chi connectivity index (χ3v) is 5.51. The third kappa shape index (κ3) is 5.19. The predicted octanol–water partition coefficient (Wildman–Crippen LogP) is 2.42. The summed E-state index contributed by atoms with van der Waals surface area (Å²) in [4.78, 5) is 33.8. The SMILES string of the molecule is Cc1cc(NC(=O)C(=O)NCCN2CCN(c3ccccc3)CC2)c2ccccc2n1. The number of fused-ring (bicyclic) bond motifs is 1. The number of pyridine rings is 1. The van der Waals surface area contributed by atoms with Gasteiger partial charge in [0.2, 0.25) is 0 Å². The van der Waals surface area contributed by atoms with Gasteiger partial charge in [-0.15, -0.1) is 0 Å². The molecule has 2 amide bonds. The van der Waals surface area contributed by atoms with Gasteiger partial charge in [-0.05, 0) is 31.2 Å². The van der Waals surface area contributed by atoms with Gasteiger partial charge in [-0.2, -0.15) is 0 Å². The molecule has 0 aliphatic carbocycles. The molecule has 1 aromatic heterocycles. The maximum absolute atomic E-state index is 12.4. The highest BCUT2D eigenvalue weighted by atomic mass is 16.2. The van der Waals surface area contributed by atoms with Crippen LogP contribution in [-0.2, 0) is 9.59 Å². The molecule has 160 valence electrons. The van der Waals surface area contributed by atoms with Crippen LogP contribution in [0, 0.1) is 6.92 Å². The lowest BCUT2D eigenvalue weighted by Crippen LogP contribution is -2.49. The Morgan fingerprint density at radius 2 is 1.65 bits per heavy atom. The highest BCUT2D eigenvalue weighted by Crippen LogP contribution is 2.22. The minimum absolute atomic E-state index is 0.438. The van der Waals surface area contributed by atoms with E-state index >= 15 is 0 Å². The van der Waals surface area contributed by atoms with Crippen molar-refractivity contribution in [3.05, 3.63) is 66.4 Å². The number of anilines is 2. The number of aryl methyl sites for hydroxylation is 1. The summed E-state index contributed by atoms with van der Waals surface area (Å²) in [7, 11) is 0. The summed E-state index contributed by atoms with van der Waals surface area (Å²) < 4.78 is 0. The van der Waals surface area contributed by atoms with E-state index in [0.717, 1.165) is 49.3 Å². The van der Waals surface area contributed by atoms with Gasteiger partial charge >= 0.3 is 11.8 Å². The molecular weight excluding hydrogens is 390 g/mol. The summed E-state index contributed by atoms with van der Waals surface area (Å²) >= 11 is 0. The Bertz CT molecular complexity index is 1060. The standard InChI is InChI=1S/C24H27N5O2/c1-18-17-22(20-9-5-6-10-21(20)26-18)27-24(31)23(30)25-11-12-28-13-15-29(16-14-28)19-7-3-2-4-8-19/h2-10,17H,11-16H2,1H3,(H,25,30)(H,26,27,31). The first-order valence-electron chi connectivity index (χ1n) is 10.6. The molecule has 0 atom stereocenters. The van der Waals surface area contributed by atoms with Crippen molar-refractivity contribution in [1.29, 1.82) is 0 Å². The van der Waals surface area contributed by atoms with E-state index in [2.05, 4.69) is 49.7 Å². The Balaban J connectivity index is 1.24. The van der Waals surface area contributed by atoms with Crippen LogP contribution in [0.1, 0.15) is 5.69 Å². The third-order valence-electron chi connectivity index (χ3n) is 5.51. The molecule has 1 fully saturated rings. The van der Waals surface area contributed by atoms with Gasteiger partial charge in [-0.3, -0.25) is 19.5 Å². The largest absolute Gasteiger partial charge is 0.369 e. The van der Waals surface area contributed by atoms with Gasteiger partial charge in [0.25, 0.3) is 0 Å². The van der Waals surface area contributed by atoms with Gasteiger partial charge in [0.15, 0.2) is 0 Å². The molecule has 31 heavy (non-hydrogen) atoms. The second-order valence-corrected chi connectivity index (χ2v) is 7.70. The molecule has 2 heterocycles. The lowest BCUT2D eigenvalue weighted by molar-refractivity contribution is -0.136. The van der Waals surface area contributed by atoms with E-state index in [-0.39, 0.29) is 0 Å². The van der Waals surface area contributed by atoms with Gasteiger partial charge < -0.3 is 15.5 Å². The van der Waals surface area contributed by atoms with Crippen molar-refractivity contribution >= 4 is 34.1 Å². The van der Waals surface area contributed by atoms with Crippen LogP contribution >= 0.6 is 0 Å². The summed E-state index contributed by atoms with van der Waals surface area (Å²) in [5, 5.41) is 6.27. The number of carbonyl (C=O) groups is 2. The van der Waals surface area contributed by atoms with E-state index < -0.39 is 11.8 Å². The summed E-state index contributed by atoms with van der Waals surface area (Å²) in [5.74, 6) is -1.29. The molecule has 2 aromatic carbocycles. The minimum Gasteiger partial charge on any atom is -0.369 e. The number of nitrogens with one attached hydrogen (secondary N) is 2. The van der Waals surface area contributed by atoms with Crippen LogP contribution < -0.4 is 15.5 Å². The molecule has 1 aliphatic rings. The average Bonchev–Trinajstić information content (AvgIpc) is 2.80. The van der Waals surface area contributed by atoms with Crippen LogP contribution in [-0.4, -0.2) is 61.0 Å². The highest BCUT2D eigenvalue weighted by Gasteiger charge is 2.18. The highest BCUT2D eigenvalue weighted by molar-refractivity contribution is 6.40. The Labute approximate surface area is 182 Å². The van der Waals surface area contributed by atoms with E-state index in [1.165, 1.54) is 5.69 Å². The normalized spacial score (nSPS) is 14.4. The van der Waals surface area contributed by atoms with Crippen LogP contribution in [0.4, 0.5) is 11.4 Å². The molecule has 4 rings (SSSR count). The minimum atomic E-state index is -0.662. The van der Waals surface area contributed by atoms with Crippen molar-refractivity contribution in [3.63, 3.8) is 0 Å². The van der Waals surface area contributed by atoms with Crippen LogP contribution in [0.15, 0.2) is 60.7 Å². The molecule has 0 radical (unpaired) electrons. The number of carbonyl (C=O) groups excluding carboxylic acids is 2. The molecule has 1 aliphatic heterocycles. The van der Waals surface area contributed by atoms with Crippen LogP contribution in [0.5, 0.6) is 0 Å². The van der Waals surface area contributed by atoms with Crippen molar-refractivity contribution in [2.45, 2.75) is 6.92 Å².